The van der Waals surface area contributed by atoms with Crippen molar-refractivity contribution in [2.75, 3.05) is 25.6 Å². The second kappa shape index (κ2) is 13.3. The van der Waals surface area contributed by atoms with E-state index in [9.17, 15) is 34.4 Å². The number of nitrogens with zero attached hydrogens (tertiary/aromatic N) is 2. The smallest absolute Gasteiger partial charge is 0.410 e. The predicted octanol–water partition coefficient (Wildman–Crippen LogP) is 1.65. The van der Waals surface area contributed by atoms with E-state index in [1.807, 2.05) is 0 Å². The van der Waals surface area contributed by atoms with Crippen molar-refractivity contribution in [3.63, 3.8) is 0 Å². The van der Waals surface area contributed by atoms with Gasteiger partial charge in [0, 0.05) is 18.7 Å². The van der Waals surface area contributed by atoms with Crippen LogP contribution in [0, 0.1) is 10.1 Å². The molecule has 0 unspecified atom stereocenters. The van der Waals surface area contributed by atoms with Crippen LogP contribution in [0.15, 0.2) is 42.5 Å². The van der Waals surface area contributed by atoms with Gasteiger partial charge >= 0.3 is 23.7 Å². The summed E-state index contributed by atoms with van der Waals surface area (Å²) < 4.78 is 10.2. The number of phenolic OH excluding ortho intramolecular Hbond substituents is 1. The number of hydrogen-bond donors (Lipinski definition) is 4. The van der Waals surface area contributed by atoms with Crippen molar-refractivity contribution in [1.82, 2.24) is 4.90 Å². The minimum Gasteiger partial charge on any atom is -0.502 e. The molecule has 0 saturated heterocycles. The van der Waals surface area contributed by atoms with Gasteiger partial charge in [-0.05, 0) is 42.7 Å². The molecule has 0 aliphatic rings. The van der Waals surface area contributed by atoms with E-state index in [0.717, 1.165) is 12.0 Å². The molecule has 3 amide bonds. The Morgan fingerprint density at radius 1 is 1.14 bits per heavy atom. The number of nitrogens with one attached hydrogen (secondary N) is 1. The number of phenols is 1. The van der Waals surface area contributed by atoms with Gasteiger partial charge in [-0.1, -0.05) is 18.2 Å². The van der Waals surface area contributed by atoms with E-state index in [1.54, 1.807) is 12.1 Å². The number of nitro groups is 1. The van der Waals surface area contributed by atoms with Gasteiger partial charge in [0.25, 0.3) is 0 Å². The molecule has 0 spiro atoms. The van der Waals surface area contributed by atoms with E-state index >= 15 is 0 Å². The van der Waals surface area contributed by atoms with E-state index in [-0.39, 0.29) is 31.0 Å². The Bertz CT molecular complexity index is 1150. The summed E-state index contributed by atoms with van der Waals surface area (Å²) in [5, 5.41) is 31.6. The first-order valence-corrected chi connectivity index (χ1v) is 10.9. The number of nitro benzene ring substituents is 1. The summed E-state index contributed by atoms with van der Waals surface area (Å²) in [7, 11) is 1.15. The van der Waals surface area contributed by atoms with Gasteiger partial charge in [0.2, 0.25) is 11.7 Å². The highest BCUT2D eigenvalue weighted by molar-refractivity contribution is 6.36. The van der Waals surface area contributed by atoms with Crippen LogP contribution in [-0.4, -0.2) is 70.2 Å². The topological polar surface area (TPSA) is 212 Å². The number of carbonyl (C=O) groups is 4. The van der Waals surface area contributed by atoms with Crippen LogP contribution in [0.4, 0.5) is 16.2 Å². The molecule has 14 nitrogen and oxygen atoms in total. The zero-order valence-electron chi connectivity index (χ0n) is 19.8. The fourth-order valence-corrected chi connectivity index (χ4v) is 3.37. The Morgan fingerprint density at radius 2 is 1.81 bits per heavy atom. The average molecular weight is 518 g/mol. The highest BCUT2D eigenvalue weighted by Crippen LogP contribution is 2.35. The molecule has 0 saturated carbocycles. The first-order chi connectivity index (χ1) is 17.5. The molecule has 0 bridgehead atoms. The Hall–Kier alpha value is -4.88. The number of carbonyl (C=O) groups excluding carboxylic acids is 3. The zero-order chi connectivity index (χ0) is 27.5. The summed E-state index contributed by atoms with van der Waals surface area (Å²) >= 11 is 0. The SMILES string of the molecule is COC(=O)N(CCCCOc1cccc(O)c1[N+](=O)[O-])[C@@H](Cc1ccc(NC(=O)C(=O)O)cc1)C(N)=O. The Labute approximate surface area is 210 Å². The molecule has 2 aromatic carbocycles. The van der Waals surface area contributed by atoms with E-state index in [4.69, 9.17) is 20.3 Å². The predicted molar refractivity (Wildman–Crippen MR) is 128 cm³/mol. The summed E-state index contributed by atoms with van der Waals surface area (Å²) in [6.07, 6.45) is -0.113. The third kappa shape index (κ3) is 8.09. The van der Waals surface area contributed by atoms with Gasteiger partial charge in [0.15, 0.2) is 5.75 Å². The van der Waals surface area contributed by atoms with Crippen LogP contribution in [0.2, 0.25) is 0 Å². The van der Waals surface area contributed by atoms with E-state index < -0.39 is 46.3 Å². The number of anilines is 1. The molecular weight excluding hydrogens is 492 g/mol. The Kier molecular flexibility index (Phi) is 10.2. The molecule has 14 heteroatoms. The lowest BCUT2D eigenvalue weighted by Crippen LogP contribution is -2.49. The quantitative estimate of drug-likeness (QED) is 0.138. The molecule has 1 atom stereocenters. The Balaban J connectivity index is 2.02. The van der Waals surface area contributed by atoms with Crippen molar-refractivity contribution in [3.8, 4) is 11.5 Å². The number of amides is 3. The Morgan fingerprint density at radius 3 is 2.38 bits per heavy atom. The summed E-state index contributed by atoms with van der Waals surface area (Å²) in [5.74, 6) is -4.27. The number of benzene rings is 2. The van der Waals surface area contributed by atoms with Gasteiger partial charge in [-0.25, -0.2) is 9.59 Å². The minimum absolute atomic E-state index is 0.0174. The van der Waals surface area contributed by atoms with Gasteiger partial charge in [-0.2, -0.15) is 0 Å². The van der Waals surface area contributed by atoms with Gasteiger partial charge in [-0.3, -0.25) is 24.6 Å². The number of hydrogen-bond acceptors (Lipinski definition) is 9. The second-order valence-corrected chi connectivity index (χ2v) is 7.68. The number of methoxy groups -OCH3 is 1. The number of aliphatic carboxylic acids is 1. The highest BCUT2D eigenvalue weighted by Gasteiger charge is 2.29. The lowest BCUT2D eigenvalue weighted by atomic mass is 10.0. The summed E-state index contributed by atoms with van der Waals surface area (Å²) in [6, 6.07) is 8.80. The van der Waals surface area contributed by atoms with Gasteiger partial charge in [0.05, 0.1) is 18.6 Å². The number of para-hydroxylation sites is 1. The number of ether oxygens (including phenoxy) is 2. The van der Waals surface area contributed by atoms with Gasteiger partial charge < -0.3 is 30.7 Å². The monoisotopic (exact) mass is 518 g/mol. The molecule has 198 valence electrons. The molecular formula is C23H26N4O10. The van der Waals surface area contributed by atoms with Crippen LogP contribution in [-0.2, 0) is 25.5 Å². The molecule has 2 aromatic rings. The number of nitrogens with two attached hydrogens (primary N) is 1. The van der Waals surface area contributed by atoms with Crippen molar-refractivity contribution < 1.29 is 43.8 Å². The number of aromatic hydroxyl groups is 1. The van der Waals surface area contributed by atoms with Crippen molar-refractivity contribution in [1.29, 1.82) is 0 Å². The molecule has 2 rings (SSSR count). The number of carboxylic acid groups (broad SMARTS) is 1. The standard InChI is InChI=1S/C23H26N4O10/c1-36-23(33)26(11-2-3-12-37-18-6-4-5-17(28)19(18)27(34)35)16(20(24)29)13-14-7-9-15(10-8-14)25-21(30)22(31)32/h4-10,16,28H,2-3,11-13H2,1H3,(H2,24,29)(H,25,30)(H,31,32)/t16-/m0/s1. The summed E-state index contributed by atoms with van der Waals surface area (Å²) in [6.45, 7) is 0.0859. The maximum atomic E-state index is 12.4. The van der Waals surface area contributed by atoms with Crippen LogP contribution in [0.5, 0.6) is 11.5 Å². The molecule has 5 N–H and O–H groups in total. The first kappa shape index (κ1) is 28.4. The van der Waals surface area contributed by atoms with Crippen molar-refractivity contribution in [2.24, 2.45) is 5.73 Å². The number of primary amides is 1. The maximum absolute atomic E-state index is 12.4. The highest BCUT2D eigenvalue weighted by atomic mass is 16.6. The second-order valence-electron chi connectivity index (χ2n) is 7.68. The average Bonchev–Trinajstić information content (AvgIpc) is 2.85. The van der Waals surface area contributed by atoms with E-state index in [0.29, 0.717) is 18.4 Å². The molecule has 37 heavy (non-hydrogen) atoms. The van der Waals surface area contributed by atoms with Crippen LogP contribution >= 0.6 is 0 Å². The minimum atomic E-state index is -1.64. The zero-order valence-corrected chi connectivity index (χ0v) is 19.8. The lowest BCUT2D eigenvalue weighted by molar-refractivity contribution is -0.386. The van der Waals surface area contributed by atoms with Crippen LogP contribution in [0.3, 0.4) is 0 Å². The fraction of sp³-hybridized carbons (Fsp3) is 0.304. The number of carboxylic acids is 1. The fourth-order valence-electron chi connectivity index (χ4n) is 3.37. The maximum Gasteiger partial charge on any atom is 0.410 e. The van der Waals surface area contributed by atoms with Crippen molar-refractivity contribution in [2.45, 2.75) is 25.3 Å². The van der Waals surface area contributed by atoms with E-state index in [1.165, 1.54) is 30.3 Å². The largest absolute Gasteiger partial charge is 0.502 e. The number of unbranched alkanes of at least 4 members (excludes halogenated alkanes) is 1. The van der Waals surface area contributed by atoms with Crippen molar-refractivity contribution in [3.05, 3.63) is 58.1 Å². The van der Waals surface area contributed by atoms with Crippen LogP contribution in [0.1, 0.15) is 18.4 Å². The third-order valence-corrected chi connectivity index (χ3v) is 5.16. The molecule has 0 heterocycles. The van der Waals surface area contributed by atoms with Crippen LogP contribution in [0.25, 0.3) is 0 Å². The van der Waals surface area contributed by atoms with Gasteiger partial charge in [0.1, 0.15) is 6.04 Å². The summed E-state index contributed by atoms with van der Waals surface area (Å²) in [5.41, 5.74) is 5.80. The first-order valence-electron chi connectivity index (χ1n) is 10.9. The molecule has 0 aromatic heterocycles. The van der Waals surface area contributed by atoms with Crippen molar-refractivity contribution >= 4 is 35.3 Å². The normalized spacial score (nSPS) is 11.2. The third-order valence-electron chi connectivity index (χ3n) is 5.16. The number of rotatable bonds is 12. The van der Waals surface area contributed by atoms with Gasteiger partial charge in [-0.15, -0.1) is 0 Å². The molecule has 0 aliphatic heterocycles. The van der Waals surface area contributed by atoms with Crippen LogP contribution < -0.4 is 15.8 Å². The molecule has 0 radical (unpaired) electrons. The lowest BCUT2D eigenvalue weighted by Gasteiger charge is -2.28. The van der Waals surface area contributed by atoms with E-state index in [2.05, 4.69) is 5.32 Å². The summed E-state index contributed by atoms with van der Waals surface area (Å²) in [4.78, 5) is 58.0. The molecule has 0 aliphatic carbocycles. The molecule has 0 fully saturated rings.